The molecular weight excluding hydrogens is 302 g/mol. The average Bonchev–Trinajstić information content (AvgIpc) is 2.59. The van der Waals surface area contributed by atoms with Gasteiger partial charge in [-0.05, 0) is 25.7 Å². The number of hydrogen-bond donors (Lipinski definition) is 2. The summed E-state index contributed by atoms with van der Waals surface area (Å²) in [6, 6.07) is 0. The van der Waals surface area contributed by atoms with Gasteiger partial charge in [-0.2, -0.15) is 0 Å². The van der Waals surface area contributed by atoms with Crippen molar-refractivity contribution in [3.63, 3.8) is 0 Å². The Morgan fingerprint density at radius 1 is 0.875 bits per heavy atom. The van der Waals surface area contributed by atoms with Crippen LogP contribution in [-0.2, 0) is 4.74 Å². The van der Waals surface area contributed by atoms with Crippen LogP contribution in [0.15, 0.2) is 0 Å². The minimum absolute atomic E-state index is 0.117. The number of alkyl carbamates (subject to hydrolysis) is 1. The summed E-state index contributed by atoms with van der Waals surface area (Å²) in [5.41, 5.74) is 0. The molecule has 4 heteroatoms. The second-order valence-corrected chi connectivity index (χ2v) is 6.80. The average molecular weight is 344 g/mol. The summed E-state index contributed by atoms with van der Waals surface area (Å²) >= 11 is 0. The van der Waals surface area contributed by atoms with E-state index in [0.29, 0.717) is 6.61 Å². The van der Waals surface area contributed by atoms with Gasteiger partial charge in [-0.1, -0.05) is 78.1 Å². The van der Waals surface area contributed by atoms with Gasteiger partial charge in [0, 0.05) is 6.54 Å². The van der Waals surface area contributed by atoms with Crippen LogP contribution in [0.25, 0.3) is 0 Å². The van der Waals surface area contributed by atoms with E-state index in [-0.39, 0.29) is 12.2 Å². The first kappa shape index (κ1) is 23.2. The fraction of sp³-hybridized carbons (Fsp3) is 0.950. The second-order valence-electron chi connectivity index (χ2n) is 6.80. The maximum absolute atomic E-state index is 11.5. The number of nitrogens with one attached hydrogen (secondary N) is 1. The topological polar surface area (TPSA) is 58.6 Å². The van der Waals surface area contributed by atoms with Crippen molar-refractivity contribution in [1.82, 2.24) is 5.32 Å². The van der Waals surface area contributed by atoms with Crippen LogP contribution in [-0.4, -0.2) is 30.5 Å². The van der Waals surface area contributed by atoms with Crippen LogP contribution in [0.3, 0.4) is 0 Å². The Balaban J connectivity index is 3.18. The Kier molecular flexibility index (Phi) is 18.0. The van der Waals surface area contributed by atoms with Crippen LogP contribution < -0.4 is 5.32 Å². The highest BCUT2D eigenvalue weighted by Crippen LogP contribution is 2.10. The number of carbonyl (C=O) groups excluding carboxylic acids is 1. The van der Waals surface area contributed by atoms with Crippen LogP contribution in [0.4, 0.5) is 4.79 Å². The van der Waals surface area contributed by atoms with E-state index in [0.717, 1.165) is 45.1 Å². The minimum Gasteiger partial charge on any atom is -0.450 e. The van der Waals surface area contributed by atoms with Gasteiger partial charge in [0.25, 0.3) is 0 Å². The third kappa shape index (κ3) is 17.6. The van der Waals surface area contributed by atoms with E-state index >= 15 is 0 Å². The molecule has 0 radical (unpaired) electrons. The molecule has 24 heavy (non-hydrogen) atoms. The summed E-state index contributed by atoms with van der Waals surface area (Å²) in [7, 11) is 0. The van der Waals surface area contributed by atoms with Crippen molar-refractivity contribution < 1.29 is 14.6 Å². The molecule has 0 aromatic rings. The zero-order valence-corrected chi connectivity index (χ0v) is 16.2. The van der Waals surface area contributed by atoms with Gasteiger partial charge in [0.05, 0.1) is 12.7 Å². The molecule has 0 fully saturated rings. The van der Waals surface area contributed by atoms with E-state index in [4.69, 9.17) is 4.74 Å². The molecule has 0 heterocycles. The summed E-state index contributed by atoms with van der Waals surface area (Å²) < 4.78 is 5.18. The van der Waals surface area contributed by atoms with Crippen molar-refractivity contribution in [2.24, 2.45) is 0 Å². The van der Waals surface area contributed by atoms with Gasteiger partial charge in [0.15, 0.2) is 0 Å². The number of hydrogen-bond acceptors (Lipinski definition) is 3. The molecule has 1 atom stereocenters. The number of aliphatic hydroxyl groups excluding tert-OH is 1. The maximum Gasteiger partial charge on any atom is 0.407 e. The van der Waals surface area contributed by atoms with Gasteiger partial charge in [0.1, 0.15) is 0 Å². The molecule has 4 nitrogen and oxygen atoms in total. The van der Waals surface area contributed by atoms with Crippen LogP contribution in [0, 0.1) is 0 Å². The predicted molar refractivity (Wildman–Crippen MR) is 101 cm³/mol. The zero-order valence-electron chi connectivity index (χ0n) is 16.2. The molecule has 0 rings (SSSR count). The smallest absolute Gasteiger partial charge is 0.407 e. The molecule has 0 saturated heterocycles. The lowest BCUT2D eigenvalue weighted by atomic mass is 10.1. The van der Waals surface area contributed by atoms with E-state index in [9.17, 15) is 9.90 Å². The third-order valence-corrected chi connectivity index (χ3v) is 4.44. The van der Waals surface area contributed by atoms with Gasteiger partial charge in [-0.15, -0.1) is 0 Å². The summed E-state index contributed by atoms with van der Waals surface area (Å²) in [6.45, 7) is 5.50. The summed E-state index contributed by atoms with van der Waals surface area (Å²) in [4.78, 5) is 11.5. The summed E-state index contributed by atoms with van der Waals surface area (Å²) in [5, 5.41) is 12.3. The van der Waals surface area contributed by atoms with Crippen molar-refractivity contribution >= 4 is 6.09 Å². The van der Waals surface area contributed by atoms with E-state index in [2.05, 4.69) is 12.2 Å². The number of carbonyl (C=O) groups is 1. The van der Waals surface area contributed by atoms with Gasteiger partial charge < -0.3 is 15.2 Å². The molecule has 2 N–H and O–H groups in total. The third-order valence-electron chi connectivity index (χ3n) is 4.44. The first-order chi connectivity index (χ1) is 11.7. The lowest BCUT2D eigenvalue weighted by Crippen LogP contribution is -2.25. The van der Waals surface area contributed by atoms with Gasteiger partial charge in [-0.25, -0.2) is 4.79 Å². The maximum atomic E-state index is 11.5. The second kappa shape index (κ2) is 18.6. The highest BCUT2D eigenvalue weighted by atomic mass is 16.5. The van der Waals surface area contributed by atoms with Gasteiger partial charge in [-0.3, -0.25) is 0 Å². The molecule has 0 aliphatic carbocycles. The number of ether oxygens (including phenoxy) is 1. The number of unbranched alkanes of at least 4 members (excludes halogenated alkanes) is 10. The Hall–Kier alpha value is -0.770. The van der Waals surface area contributed by atoms with E-state index in [1.165, 1.54) is 51.4 Å². The molecule has 0 aliphatic heterocycles. The standard InChI is InChI=1S/C20H41NO3/c1-3-5-6-7-11-14-17-21-20(23)24-18-15-12-9-8-10-13-16-19(22)4-2/h19,22H,3-18H2,1-2H3,(H,21,23). The first-order valence-corrected chi connectivity index (χ1v) is 10.3. The SMILES string of the molecule is CCCCCCCCNC(=O)OCCCCCCCCC(O)CC. The van der Waals surface area contributed by atoms with Crippen molar-refractivity contribution in [2.75, 3.05) is 13.2 Å². The lowest BCUT2D eigenvalue weighted by molar-refractivity contribution is 0.143. The number of rotatable bonds is 17. The Morgan fingerprint density at radius 3 is 2.12 bits per heavy atom. The Labute approximate surface area is 149 Å². The van der Waals surface area contributed by atoms with Crippen molar-refractivity contribution in [3.8, 4) is 0 Å². The normalized spacial score (nSPS) is 12.1. The van der Waals surface area contributed by atoms with Crippen molar-refractivity contribution in [3.05, 3.63) is 0 Å². The van der Waals surface area contributed by atoms with Crippen LogP contribution >= 0.6 is 0 Å². The molecule has 0 aromatic carbocycles. The summed E-state index contributed by atoms with van der Waals surface area (Å²) in [5.74, 6) is 0. The minimum atomic E-state index is -0.267. The highest BCUT2D eigenvalue weighted by molar-refractivity contribution is 5.66. The van der Waals surface area contributed by atoms with E-state index in [1.807, 2.05) is 6.92 Å². The van der Waals surface area contributed by atoms with Crippen LogP contribution in [0.1, 0.15) is 104 Å². The molecule has 0 spiro atoms. The largest absolute Gasteiger partial charge is 0.450 e. The lowest BCUT2D eigenvalue weighted by Gasteiger charge is -2.08. The summed E-state index contributed by atoms with van der Waals surface area (Å²) in [6.07, 6.45) is 15.6. The van der Waals surface area contributed by atoms with Crippen molar-refractivity contribution in [2.45, 2.75) is 110 Å². The Morgan fingerprint density at radius 2 is 1.46 bits per heavy atom. The van der Waals surface area contributed by atoms with Gasteiger partial charge >= 0.3 is 6.09 Å². The molecule has 1 unspecified atom stereocenters. The fourth-order valence-corrected chi connectivity index (χ4v) is 2.70. The van der Waals surface area contributed by atoms with E-state index in [1.54, 1.807) is 0 Å². The Bertz CT molecular complexity index is 272. The van der Waals surface area contributed by atoms with E-state index < -0.39 is 0 Å². The predicted octanol–water partition coefficient (Wildman–Crippen LogP) is 5.57. The molecule has 0 bridgehead atoms. The molecular formula is C20H41NO3. The first-order valence-electron chi connectivity index (χ1n) is 10.3. The quantitative estimate of drug-likeness (QED) is 0.339. The number of aliphatic hydroxyl groups is 1. The molecule has 1 amide bonds. The molecule has 144 valence electrons. The van der Waals surface area contributed by atoms with Crippen molar-refractivity contribution in [1.29, 1.82) is 0 Å². The molecule has 0 saturated carbocycles. The van der Waals surface area contributed by atoms with Crippen LogP contribution in [0.2, 0.25) is 0 Å². The van der Waals surface area contributed by atoms with Gasteiger partial charge in [0.2, 0.25) is 0 Å². The fourth-order valence-electron chi connectivity index (χ4n) is 2.70. The zero-order chi connectivity index (χ0) is 17.9. The molecule has 0 aliphatic rings. The monoisotopic (exact) mass is 343 g/mol. The van der Waals surface area contributed by atoms with Crippen LogP contribution in [0.5, 0.6) is 0 Å². The number of amides is 1. The molecule has 0 aromatic heterocycles. The highest BCUT2D eigenvalue weighted by Gasteiger charge is 2.01.